The highest BCUT2D eigenvalue weighted by atomic mass is 19.1. The summed E-state index contributed by atoms with van der Waals surface area (Å²) in [4.78, 5) is 4.29. The van der Waals surface area contributed by atoms with Crippen molar-refractivity contribution in [2.24, 2.45) is 5.92 Å². The molecular formula is C17H14FNO3. The zero-order valence-electron chi connectivity index (χ0n) is 11.8. The maximum absolute atomic E-state index is 14.1. The lowest BCUT2D eigenvalue weighted by Gasteiger charge is -2.06. The molecule has 4 rings (SSSR count). The van der Waals surface area contributed by atoms with Crippen LogP contribution in [0.4, 0.5) is 4.39 Å². The fraction of sp³-hybridized carbons (Fsp3) is 0.235. The summed E-state index contributed by atoms with van der Waals surface area (Å²) in [6.45, 7) is 0.568. The molecule has 0 saturated heterocycles. The Balaban J connectivity index is 1.63. The van der Waals surface area contributed by atoms with Gasteiger partial charge in [0.05, 0.1) is 6.61 Å². The van der Waals surface area contributed by atoms with Gasteiger partial charge in [0.1, 0.15) is 11.3 Å². The lowest BCUT2D eigenvalue weighted by Crippen LogP contribution is -2.00. The highest BCUT2D eigenvalue weighted by molar-refractivity contribution is 5.77. The third-order valence-corrected chi connectivity index (χ3v) is 3.72. The minimum atomic E-state index is -0.428. The molecule has 1 aliphatic rings. The predicted molar refractivity (Wildman–Crippen MR) is 79.3 cm³/mol. The van der Waals surface area contributed by atoms with Gasteiger partial charge in [-0.1, -0.05) is 0 Å². The predicted octanol–water partition coefficient (Wildman–Crippen LogP) is 4.13. The van der Waals surface area contributed by atoms with Crippen molar-refractivity contribution in [3.63, 3.8) is 0 Å². The zero-order valence-corrected chi connectivity index (χ0v) is 11.8. The first-order valence-electron chi connectivity index (χ1n) is 7.21. The molecule has 2 aromatic carbocycles. The van der Waals surface area contributed by atoms with Gasteiger partial charge in [-0.05, 0) is 49.1 Å². The van der Waals surface area contributed by atoms with E-state index in [-0.39, 0.29) is 11.5 Å². The van der Waals surface area contributed by atoms with Crippen molar-refractivity contribution >= 4 is 11.1 Å². The first-order chi connectivity index (χ1) is 10.7. The van der Waals surface area contributed by atoms with Crippen LogP contribution in [0.3, 0.4) is 0 Å². The molecule has 0 aliphatic heterocycles. The SMILES string of the molecule is Oc1ccc2nc(-c3ccc(OCC4CC4)c(F)c3)oc2c1. The summed E-state index contributed by atoms with van der Waals surface area (Å²) < 4.78 is 25.1. The van der Waals surface area contributed by atoms with E-state index in [4.69, 9.17) is 9.15 Å². The van der Waals surface area contributed by atoms with Crippen LogP contribution in [0, 0.1) is 11.7 Å². The van der Waals surface area contributed by atoms with Gasteiger partial charge in [0.2, 0.25) is 5.89 Å². The number of aromatic hydroxyl groups is 1. The number of phenols is 1. The minimum Gasteiger partial charge on any atom is -0.508 e. The van der Waals surface area contributed by atoms with Crippen LogP contribution in [0.2, 0.25) is 0 Å². The van der Waals surface area contributed by atoms with E-state index < -0.39 is 5.82 Å². The number of hydrogen-bond donors (Lipinski definition) is 1. The van der Waals surface area contributed by atoms with E-state index in [9.17, 15) is 9.50 Å². The third kappa shape index (κ3) is 2.50. The van der Waals surface area contributed by atoms with E-state index in [0.717, 1.165) is 12.8 Å². The van der Waals surface area contributed by atoms with Gasteiger partial charge >= 0.3 is 0 Å². The molecule has 0 amide bonds. The van der Waals surface area contributed by atoms with Gasteiger partial charge < -0.3 is 14.3 Å². The Bertz CT molecular complexity index is 839. The first-order valence-corrected chi connectivity index (χ1v) is 7.21. The van der Waals surface area contributed by atoms with Gasteiger partial charge in [-0.15, -0.1) is 0 Å². The van der Waals surface area contributed by atoms with Gasteiger partial charge in [0.25, 0.3) is 0 Å². The number of aromatic nitrogens is 1. The lowest BCUT2D eigenvalue weighted by atomic mass is 10.2. The molecule has 1 N–H and O–H groups in total. The number of benzene rings is 2. The Labute approximate surface area is 126 Å². The van der Waals surface area contributed by atoms with Crippen LogP contribution in [-0.2, 0) is 0 Å². The van der Waals surface area contributed by atoms with Crippen molar-refractivity contribution in [2.45, 2.75) is 12.8 Å². The van der Waals surface area contributed by atoms with Crippen LogP contribution in [0.1, 0.15) is 12.8 Å². The van der Waals surface area contributed by atoms with Crippen molar-refractivity contribution in [1.82, 2.24) is 4.98 Å². The number of ether oxygens (including phenoxy) is 1. The molecular weight excluding hydrogens is 285 g/mol. The van der Waals surface area contributed by atoms with Crippen molar-refractivity contribution in [3.05, 3.63) is 42.2 Å². The topological polar surface area (TPSA) is 55.5 Å². The number of halogens is 1. The zero-order chi connectivity index (χ0) is 15.1. The average molecular weight is 299 g/mol. The van der Waals surface area contributed by atoms with Gasteiger partial charge in [0.15, 0.2) is 17.1 Å². The molecule has 1 saturated carbocycles. The maximum Gasteiger partial charge on any atom is 0.227 e. The Morgan fingerprint density at radius 2 is 2.09 bits per heavy atom. The fourth-order valence-electron chi connectivity index (χ4n) is 2.28. The fourth-order valence-corrected chi connectivity index (χ4v) is 2.28. The van der Waals surface area contributed by atoms with Crippen molar-refractivity contribution in [1.29, 1.82) is 0 Å². The van der Waals surface area contributed by atoms with Crippen LogP contribution in [0.25, 0.3) is 22.6 Å². The third-order valence-electron chi connectivity index (χ3n) is 3.72. The van der Waals surface area contributed by atoms with Crippen LogP contribution in [-0.4, -0.2) is 16.7 Å². The molecule has 4 nitrogen and oxygen atoms in total. The Morgan fingerprint density at radius 1 is 1.23 bits per heavy atom. The van der Waals surface area contributed by atoms with Crippen LogP contribution in [0.15, 0.2) is 40.8 Å². The highest BCUT2D eigenvalue weighted by Crippen LogP contribution is 2.32. The number of hydrogen-bond acceptors (Lipinski definition) is 4. The largest absolute Gasteiger partial charge is 0.508 e. The molecule has 1 fully saturated rings. The van der Waals surface area contributed by atoms with Crippen molar-refractivity contribution in [2.75, 3.05) is 6.61 Å². The molecule has 3 aromatic rings. The standard InChI is InChI=1S/C17H14FNO3/c18-13-7-11(3-6-15(13)21-9-10-1-2-10)17-19-14-5-4-12(20)8-16(14)22-17/h3-8,10,20H,1-2,9H2. The van der Waals surface area contributed by atoms with Gasteiger partial charge in [-0.3, -0.25) is 0 Å². The summed E-state index contributed by atoms with van der Waals surface area (Å²) in [6, 6.07) is 9.34. The molecule has 112 valence electrons. The number of oxazole rings is 1. The summed E-state index contributed by atoms with van der Waals surface area (Å²) >= 11 is 0. The van der Waals surface area contributed by atoms with Crippen LogP contribution < -0.4 is 4.74 Å². The van der Waals surface area contributed by atoms with E-state index in [1.165, 1.54) is 18.2 Å². The smallest absolute Gasteiger partial charge is 0.227 e. The highest BCUT2D eigenvalue weighted by Gasteiger charge is 2.22. The van der Waals surface area contributed by atoms with E-state index in [1.54, 1.807) is 18.2 Å². The molecule has 0 spiro atoms. The first kappa shape index (κ1) is 13.1. The molecule has 0 unspecified atom stereocenters. The Hall–Kier alpha value is -2.56. The molecule has 22 heavy (non-hydrogen) atoms. The maximum atomic E-state index is 14.1. The normalized spacial score (nSPS) is 14.4. The second-order valence-corrected chi connectivity index (χ2v) is 5.57. The van der Waals surface area contributed by atoms with Gasteiger partial charge in [-0.2, -0.15) is 0 Å². The summed E-state index contributed by atoms with van der Waals surface area (Å²) in [5.41, 5.74) is 1.61. The molecule has 1 aromatic heterocycles. The molecule has 0 bridgehead atoms. The van der Waals surface area contributed by atoms with E-state index in [2.05, 4.69) is 4.98 Å². The Kier molecular flexibility index (Phi) is 2.99. The van der Waals surface area contributed by atoms with E-state index in [0.29, 0.717) is 35.1 Å². The summed E-state index contributed by atoms with van der Waals surface area (Å²) in [5.74, 6) is 0.815. The number of rotatable bonds is 4. The number of fused-ring (bicyclic) bond motifs is 1. The van der Waals surface area contributed by atoms with Crippen molar-refractivity contribution < 1.29 is 18.7 Å². The molecule has 5 heteroatoms. The number of phenolic OH excluding ortho intramolecular Hbond substituents is 1. The van der Waals surface area contributed by atoms with E-state index >= 15 is 0 Å². The van der Waals surface area contributed by atoms with E-state index in [1.807, 2.05) is 0 Å². The van der Waals surface area contributed by atoms with Crippen LogP contribution >= 0.6 is 0 Å². The second kappa shape index (κ2) is 5.02. The summed E-state index contributed by atoms with van der Waals surface area (Å²) in [6.07, 6.45) is 2.32. The quantitative estimate of drug-likeness (QED) is 0.787. The summed E-state index contributed by atoms with van der Waals surface area (Å²) in [5, 5.41) is 9.44. The number of nitrogens with zero attached hydrogens (tertiary/aromatic N) is 1. The minimum absolute atomic E-state index is 0.102. The van der Waals surface area contributed by atoms with Gasteiger partial charge in [0, 0.05) is 11.6 Å². The average Bonchev–Trinajstić information content (AvgIpc) is 3.23. The molecule has 0 radical (unpaired) electrons. The monoisotopic (exact) mass is 299 g/mol. The van der Waals surface area contributed by atoms with Crippen LogP contribution in [0.5, 0.6) is 11.5 Å². The van der Waals surface area contributed by atoms with Gasteiger partial charge in [-0.25, -0.2) is 9.37 Å². The second-order valence-electron chi connectivity index (χ2n) is 5.57. The summed E-state index contributed by atoms with van der Waals surface area (Å²) in [7, 11) is 0. The molecule has 1 aliphatic carbocycles. The molecule has 0 atom stereocenters. The Morgan fingerprint density at radius 3 is 2.86 bits per heavy atom. The lowest BCUT2D eigenvalue weighted by molar-refractivity contribution is 0.285. The van der Waals surface area contributed by atoms with Crippen molar-refractivity contribution in [3.8, 4) is 23.0 Å². The molecule has 1 heterocycles.